The smallest absolute Gasteiger partial charge is 0.253 e. The van der Waals surface area contributed by atoms with E-state index < -0.39 is 0 Å². The first-order valence-corrected chi connectivity index (χ1v) is 16.4. The Morgan fingerprint density at radius 1 is 0.689 bits per heavy atom. The molecule has 0 aliphatic heterocycles. The number of para-hydroxylation sites is 1. The van der Waals surface area contributed by atoms with Crippen LogP contribution < -0.4 is 16.0 Å². The molecule has 0 bridgehead atoms. The summed E-state index contributed by atoms with van der Waals surface area (Å²) in [5, 5.41) is 9.87. The number of anilines is 2. The van der Waals surface area contributed by atoms with Crippen LogP contribution in [0.5, 0.6) is 0 Å². The highest BCUT2D eigenvalue weighted by Gasteiger charge is 2.14. The number of rotatable bonds is 20. The van der Waals surface area contributed by atoms with Gasteiger partial charge in [0.05, 0.1) is 27.0 Å². The van der Waals surface area contributed by atoms with Gasteiger partial charge in [0.15, 0.2) is 0 Å². The van der Waals surface area contributed by atoms with Gasteiger partial charge in [-0.05, 0) is 75.6 Å². The summed E-state index contributed by atoms with van der Waals surface area (Å²) in [7, 11) is 0. The summed E-state index contributed by atoms with van der Waals surface area (Å²) in [5.74, 6) is -0.306. The average molecular weight is 649 g/mol. The zero-order chi connectivity index (χ0) is 32.5. The van der Waals surface area contributed by atoms with Crippen LogP contribution in [0.2, 0.25) is 10.0 Å². The Labute approximate surface area is 279 Å². The quantitative estimate of drug-likeness (QED) is 0.0989. The second-order valence-electron chi connectivity index (χ2n) is 10.3. The van der Waals surface area contributed by atoms with Gasteiger partial charge >= 0.3 is 0 Å². The van der Waals surface area contributed by atoms with Crippen LogP contribution in [0.3, 0.4) is 0 Å². The van der Waals surface area contributed by atoms with E-state index in [9.17, 15) is 9.59 Å². The predicted octanol–water partition coefficient (Wildman–Crippen LogP) is 10.4. The van der Waals surface area contributed by atoms with Gasteiger partial charge in [0.25, 0.3) is 5.91 Å². The molecule has 0 saturated carbocycles. The molecule has 5 nitrogen and oxygen atoms in total. The summed E-state index contributed by atoms with van der Waals surface area (Å²) in [5.41, 5.74) is 2.47. The van der Waals surface area contributed by atoms with E-state index in [2.05, 4.69) is 89.7 Å². The van der Waals surface area contributed by atoms with Crippen molar-refractivity contribution in [1.82, 2.24) is 10.6 Å². The van der Waals surface area contributed by atoms with Gasteiger partial charge < -0.3 is 16.0 Å². The molecule has 0 heterocycles. The highest BCUT2D eigenvalue weighted by Crippen LogP contribution is 2.35. The maximum atomic E-state index is 12.8. The van der Waals surface area contributed by atoms with Gasteiger partial charge in [0.2, 0.25) is 5.91 Å². The number of benzene rings is 2. The lowest BCUT2D eigenvalue weighted by Gasteiger charge is -2.15. The lowest BCUT2D eigenvalue weighted by molar-refractivity contribution is -0.120. The number of carbonyl (C=O) groups is 2. The largest absolute Gasteiger partial charge is 0.354 e. The lowest BCUT2D eigenvalue weighted by atomic mass is 10.1. The third-order valence-electron chi connectivity index (χ3n) is 6.58. The molecule has 2 aromatic rings. The minimum Gasteiger partial charge on any atom is -0.354 e. The van der Waals surface area contributed by atoms with E-state index in [0.29, 0.717) is 52.9 Å². The van der Waals surface area contributed by atoms with Crippen molar-refractivity contribution < 1.29 is 9.59 Å². The van der Waals surface area contributed by atoms with E-state index in [4.69, 9.17) is 23.2 Å². The summed E-state index contributed by atoms with van der Waals surface area (Å²) in [6.07, 6.45) is 32.8. The Morgan fingerprint density at radius 3 is 1.82 bits per heavy atom. The van der Waals surface area contributed by atoms with Gasteiger partial charge in [-0.3, -0.25) is 9.59 Å². The van der Waals surface area contributed by atoms with Crippen molar-refractivity contribution in [2.45, 2.75) is 65.2 Å². The normalized spacial score (nSPS) is 12.1. The number of allylic oxidation sites excluding steroid dienone is 12. The minimum atomic E-state index is -0.259. The zero-order valence-electron chi connectivity index (χ0n) is 26.5. The van der Waals surface area contributed by atoms with E-state index in [-0.39, 0.29) is 11.8 Å². The van der Waals surface area contributed by atoms with Gasteiger partial charge in [-0.15, -0.1) is 0 Å². The number of hydrogen-bond acceptors (Lipinski definition) is 3. The number of amides is 2. The van der Waals surface area contributed by atoms with E-state index in [1.165, 1.54) is 0 Å². The first-order valence-electron chi connectivity index (χ1n) is 15.7. The molecule has 0 unspecified atom stereocenters. The number of halogens is 2. The van der Waals surface area contributed by atoms with Crippen molar-refractivity contribution in [1.29, 1.82) is 0 Å². The van der Waals surface area contributed by atoms with Gasteiger partial charge in [-0.2, -0.15) is 0 Å². The topological polar surface area (TPSA) is 70.2 Å². The van der Waals surface area contributed by atoms with Crippen molar-refractivity contribution in [3.63, 3.8) is 0 Å². The summed E-state index contributed by atoms with van der Waals surface area (Å²) < 4.78 is 0. The molecule has 3 N–H and O–H groups in total. The van der Waals surface area contributed by atoms with Crippen LogP contribution >= 0.6 is 23.2 Å². The van der Waals surface area contributed by atoms with Crippen molar-refractivity contribution in [2.75, 3.05) is 18.4 Å². The van der Waals surface area contributed by atoms with Crippen LogP contribution in [0.4, 0.5) is 11.4 Å². The van der Waals surface area contributed by atoms with E-state index >= 15 is 0 Å². The summed E-state index contributed by atoms with van der Waals surface area (Å²) >= 11 is 12.8. The van der Waals surface area contributed by atoms with Gasteiger partial charge in [0, 0.05) is 19.5 Å². The zero-order valence-corrected chi connectivity index (χ0v) is 28.0. The number of nitrogens with one attached hydrogen (secondary N) is 3. The molecule has 0 fully saturated rings. The Balaban J connectivity index is 1.56. The van der Waals surface area contributed by atoms with Gasteiger partial charge in [0.1, 0.15) is 0 Å². The van der Waals surface area contributed by atoms with Crippen LogP contribution in [0, 0.1) is 6.92 Å². The number of hydrogen-bond donors (Lipinski definition) is 3. The molecule has 7 heteroatoms. The standard InChI is InChI=1S/C38H47Cl2N3O2/c1-3-4-5-6-7-8-9-10-11-12-13-14-15-16-17-18-19-20-21-26-35(44)41-29-30-42-38(45)32-24-22-23-25-34(32)43-37-33(39)28-27-31(2)36(37)40/h4-5,7-8,10-11,13-14,16-17,19-20,22-25,27-28,43H,3,6,9,12,15,18,21,26,29-30H2,1-2H3,(H,41,44)(H,42,45). The fourth-order valence-corrected chi connectivity index (χ4v) is 4.58. The first kappa shape index (κ1) is 37.4. The summed E-state index contributed by atoms with van der Waals surface area (Å²) in [6.45, 7) is 4.69. The van der Waals surface area contributed by atoms with Crippen LogP contribution in [0.15, 0.2) is 109 Å². The van der Waals surface area contributed by atoms with E-state index in [1.807, 2.05) is 25.1 Å². The molecule has 0 aliphatic carbocycles. The second-order valence-corrected chi connectivity index (χ2v) is 11.1. The molecule has 0 aliphatic rings. The Kier molecular flexibility index (Phi) is 19.6. The van der Waals surface area contributed by atoms with Crippen LogP contribution in [-0.4, -0.2) is 24.9 Å². The molecule has 2 amide bonds. The van der Waals surface area contributed by atoms with E-state index in [1.54, 1.807) is 24.3 Å². The second kappa shape index (κ2) is 23.6. The molecule has 2 rings (SSSR count). The SMILES string of the molecule is CCC=CCC=CCC=CCC=CCC=CCC=CCCC(=O)NCCNC(=O)c1ccccc1Nc1c(Cl)ccc(C)c1Cl. The highest BCUT2D eigenvalue weighted by molar-refractivity contribution is 6.39. The maximum absolute atomic E-state index is 12.8. The third-order valence-corrected chi connectivity index (χ3v) is 7.38. The molecule has 45 heavy (non-hydrogen) atoms. The first-order chi connectivity index (χ1) is 21.9. The van der Waals surface area contributed by atoms with E-state index in [0.717, 1.165) is 44.1 Å². The summed E-state index contributed by atoms with van der Waals surface area (Å²) in [4.78, 5) is 25.0. The number of carbonyl (C=O) groups excluding carboxylic acids is 2. The van der Waals surface area contributed by atoms with Crippen LogP contribution in [0.1, 0.15) is 74.2 Å². The lowest BCUT2D eigenvalue weighted by Crippen LogP contribution is -2.34. The summed E-state index contributed by atoms with van der Waals surface area (Å²) in [6, 6.07) is 10.7. The predicted molar refractivity (Wildman–Crippen MR) is 194 cm³/mol. The highest BCUT2D eigenvalue weighted by atomic mass is 35.5. The maximum Gasteiger partial charge on any atom is 0.253 e. The molecular formula is C38H47Cl2N3O2. The van der Waals surface area contributed by atoms with Crippen LogP contribution in [-0.2, 0) is 4.79 Å². The van der Waals surface area contributed by atoms with Crippen molar-refractivity contribution in [2.24, 2.45) is 0 Å². The Hall–Kier alpha value is -3.80. The molecule has 0 radical (unpaired) electrons. The fraction of sp³-hybridized carbons (Fsp3) is 0.316. The average Bonchev–Trinajstić information content (AvgIpc) is 3.04. The molecule has 240 valence electrons. The van der Waals surface area contributed by atoms with Crippen molar-refractivity contribution in [3.05, 3.63) is 130 Å². The Bertz CT molecular complexity index is 1370. The van der Waals surface area contributed by atoms with Gasteiger partial charge in [-0.25, -0.2) is 0 Å². The van der Waals surface area contributed by atoms with Crippen molar-refractivity contribution in [3.8, 4) is 0 Å². The molecule has 0 aromatic heterocycles. The molecule has 0 spiro atoms. The number of aryl methyl sites for hydroxylation is 1. The Morgan fingerprint density at radius 2 is 1.22 bits per heavy atom. The molecule has 0 atom stereocenters. The minimum absolute atomic E-state index is 0.0467. The molecule has 0 saturated heterocycles. The molecular weight excluding hydrogens is 601 g/mol. The van der Waals surface area contributed by atoms with Crippen molar-refractivity contribution >= 4 is 46.4 Å². The fourth-order valence-electron chi connectivity index (χ4n) is 4.11. The van der Waals surface area contributed by atoms with Crippen LogP contribution in [0.25, 0.3) is 0 Å². The molecule has 2 aromatic carbocycles. The third kappa shape index (κ3) is 16.2. The monoisotopic (exact) mass is 647 g/mol. The van der Waals surface area contributed by atoms with Gasteiger partial charge in [-0.1, -0.05) is 121 Å².